The van der Waals surface area contributed by atoms with E-state index in [0.717, 1.165) is 5.56 Å². The highest BCUT2D eigenvalue weighted by Gasteiger charge is 2.38. The summed E-state index contributed by atoms with van der Waals surface area (Å²) >= 11 is 0. The topological polar surface area (TPSA) is 133 Å². The molecule has 0 saturated carbocycles. The quantitative estimate of drug-likeness (QED) is 0.563. The molecular formula is C22H29FN8O3. The van der Waals surface area contributed by atoms with E-state index in [2.05, 4.69) is 20.5 Å². The third kappa shape index (κ3) is 4.66. The molecule has 3 aromatic rings. The third-order valence-corrected chi connectivity index (χ3v) is 5.63. The Balaban J connectivity index is 1.67. The Hall–Kier alpha value is -3.70. The van der Waals surface area contributed by atoms with Gasteiger partial charge in [-0.1, -0.05) is 0 Å². The van der Waals surface area contributed by atoms with Crippen LogP contribution in [0.1, 0.15) is 38.1 Å². The predicted molar refractivity (Wildman–Crippen MR) is 123 cm³/mol. The highest BCUT2D eigenvalue weighted by Crippen LogP contribution is 2.29. The number of nitrogens with one attached hydrogen (secondary N) is 1. The number of aromatic nitrogens is 5. The maximum Gasteiger partial charge on any atom is 0.410 e. The number of anilines is 1. The van der Waals surface area contributed by atoms with Gasteiger partial charge in [0.25, 0.3) is 5.91 Å². The Labute approximate surface area is 196 Å². The second kappa shape index (κ2) is 8.92. The number of ether oxygens (including phenoxy) is 1. The van der Waals surface area contributed by atoms with Crippen molar-refractivity contribution in [3.05, 3.63) is 30.4 Å². The number of hydrogen-bond donors (Lipinski definition) is 2. The fourth-order valence-electron chi connectivity index (χ4n) is 3.92. The predicted octanol–water partition coefficient (Wildman–Crippen LogP) is 2.33. The molecule has 1 aliphatic rings. The van der Waals surface area contributed by atoms with E-state index in [1.807, 2.05) is 13.1 Å². The number of carbonyl (C=O) groups excluding carboxylic acids is 2. The largest absolute Gasteiger partial charge is 0.444 e. The standard InChI is InChI=1S/C22H29FN8O3/c1-5-30-10-14(7-25-30)17-12-31-20(28-17)18(15(8-26-31)19(24)32)27-16-11-29(9-13(16)6-23)21(33)34-22(2,3)4/h7-8,10,12-13,16,27H,5-6,9,11H2,1-4H3,(H2,24,32)/t13-,16+/m0/s1. The molecule has 1 fully saturated rings. The molecule has 4 heterocycles. The zero-order chi connectivity index (χ0) is 24.6. The van der Waals surface area contributed by atoms with E-state index in [1.165, 1.54) is 15.6 Å². The van der Waals surface area contributed by atoms with Crippen LogP contribution in [-0.4, -0.2) is 72.7 Å². The summed E-state index contributed by atoms with van der Waals surface area (Å²) in [6.45, 7) is 7.75. The van der Waals surface area contributed by atoms with E-state index < -0.39 is 36.2 Å². The molecule has 0 bridgehead atoms. The fourth-order valence-corrected chi connectivity index (χ4v) is 3.92. The Morgan fingerprint density at radius 1 is 1.24 bits per heavy atom. The lowest BCUT2D eigenvalue weighted by Gasteiger charge is -2.24. The van der Waals surface area contributed by atoms with Crippen molar-refractivity contribution in [2.45, 2.75) is 45.9 Å². The van der Waals surface area contributed by atoms with Crippen LogP contribution in [0.25, 0.3) is 16.9 Å². The summed E-state index contributed by atoms with van der Waals surface area (Å²) < 4.78 is 22.6. The van der Waals surface area contributed by atoms with Gasteiger partial charge in [0.2, 0.25) is 0 Å². The van der Waals surface area contributed by atoms with E-state index in [1.54, 1.807) is 37.8 Å². The van der Waals surface area contributed by atoms with Gasteiger partial charge in [0, 0.05) is 37.3 Å². The molecule has 3 aromatic heterocycles. The normalized spacial score (nSPS) is 18.4. The lowest BCUT2D eigenvalue weighted by Crippen LogP contribution is -2.36. The van der Waals surface area contributed by atoms with Crippen molar-refractivity contribution in [3.63, 3.8) is 0 Å². The third-order valence-electron chi connectivity index (χ3n) is 5.63. The number of nitrogens with zero attached hydrogens (tertiary/aromatic N) is 6. The van der Waals surface area contributed by atoms with Crippen LogP contribution < -0.4 is 11.1 Å². The molecule has 0 aliphatic carbocycles. The number of alkyl halides is 1. The zero-order valence-electron chi connectivity index (χ0n) is 19.7. The molecule has 182 valence electrons. The maximum absolute atomic E-state index is 13.9. The number of carbonyl (C=O) groups is 2. The number of fused-ring (bicyclic) bond motifs is 1. The van der Waals surface area contributed by atoms with Gasteiger partial charge in [-0.05, 0) is 27.7 Å². The lowest BCUT2D eigenvalue weighted by atomic mass is 10.0. The van der Waals surface area contributed by atoms with Crippen LogP contribution in [0, 0.1) is 5.92 Å². The number of nitrogens with two attached hydrogens (primary N) is 1. The van der Waals surface area contributed by atoms with Gasteiger partial charge in [-0.15, -0.1) is 0 Å². The number of amides is 2. The van der Waals surface area contributed by atoms with Gasteiger partial charge in [-0.3, -0.25) is 13.9 Å². The van der Waals surface area contributed by atoms with Crippen LogP contribution in [0.3, 0.4) is 0 Å². The average molecular weight is 473 g/mol. The molecular weight excluding hydrogens is 443 g/mol. The van der Waals surface area contributed by atoms with Crippen LogP contribution >= 0.6 is 0 Å². The van der Waals surface area contributed by atoms with Crippen LogP contribution in [0.4, 0.5) is 14.9 Å². The Bertz CT molecular complexity index is 1210. The maximum atomic E-state index is 13.9. The Morgan fingerprint density at radius 2 is 2.00 bits per heavy atom. The van der Waals surface area contributed by atoms with Crippen molar-refractivity contribution in [2.75, 3.05) is 25.1 Å². The van der Waals surface area contributed by atoms with Gasteiger partial charge in [0.15, 0.2) is 5.65 Å². The second-order valence-electron chi connectivity index (χ2n) is 9.33. The van der Waals surface area contributed by atoms with Crippen molar-refractivity contribution in [1.82, 2.24) is 29.3 Å². The van der Waals surface area contributed by atoms with Crippen LogP contribution in [0.5, 0.6) is 0 Å². The molecule has 34 heavy (non-hydrogen) atoms. The smallest absolute Gasteiger partial charge is 0.410 e. The van der Waals surface area contributed by atoms with Crippen molar-refractivity contribution < 1.29 is 18.7 Å². The highest BCUT2D eigenvalue weighted by atomic mass is 19.1. The van der Waals surface area contributed by atoms with Gasteiger partial charge in [-0.25, -0.2) is 14.3 Å². The molecule has 2 amide bonds. The van der Waals surface area contributed by atoms with Crippen molar-refractivity contribution >= 4 is 23.3 Å². The summed E-state index contributed by atoms with van der Waals surface area (Å²) in [5.41, 5.74) is 7.17. The van der Waals surface area contributed by atoms with Crippen molar-refractivity contribution in [2.24, 2.45) is 11.7 Å². The van der Waals surface area contributed by atoms with Gasteiger partial charge >= 0.3 is 6.09 Å². The summed E-state index contributed by atoms with van der Waals surface area (Å²) in [5, 5.41) is 11.8. The molecule has 12 heteroatoms. The number of primary amides is 1. The molecule has 11 nitrogen and oxygen atoms in total. The summed E-state index contributed by atoms with van der Waals surface area (Å²) in [5.74, 6) is -1.20. The summed E-state index contributed by atoms with van der Waals surface area (Å²) in [4.78, 5) is 30.8. The average Bonchev–Trinajstić information content (AvgIpc) is 3.49. The number of imidazole rings is 1. The van der Waals surface area contributed by atoms with Gasteiger partial charge in [0.05, 0.1) is 48.3 Å². The number of likely N-dealkylation sites (tertiary alicyclic amines) is 1. The van der Waals surface area contributed by atoms with Crippen molar-refractivity contribution in [3.8, 4) is 11.3 Å². The minimum Gasteiger partial charge on any atom is -0.444 e. The molecule has 1 saturated heterocycles. The molecule has 2 atom stereocenters. The molecule has 0 unspecified atom stereocenters. The summed E-state index contributed by atoms with van der Waals surface area (Å²) in [6, 6.07) is -0.482. The fraction of sp³-hybridized carbons (Fsp3) is 0.500. The minimum absolute atomic E-state index is 0.127. The molecule has 4 rings (SSSR count). The minimum atomic E-state index is -0.695. The first kappa shape index (κ1) is 23.5. The molecule has 1 aliphatic heterocycles. The lowest BCUT2D eigenvalue weighted by molar-refractivity contribution is 0.0286. The van der Waals surface area contributed by atoms with Crippen LogP contribution in [0.15, 0.2) is 24.8 Å². The SMILES string of the molecule is CCn1cc(-c2cn3ncc(C(N)=O)c(N[C@@H]4CN(C(=O)OC(C)(C)C)C[C@@H]4CF)c3n2)cn1. The monoisotopic (exact) mass is 472 g/mol. The van der Waals surface area contributed by atoms with Gasteiger partial charge < -0.3 is 20.7 Å². The number of halogens is 1. The number of rotatable bonds is 6. The van der Waals surface area contributed by atoms with E-state index in [-0.39, 0.29) is 18.7 Å². The van der Waals surface area contributed by atoms with E-state index in [9.17, 15) is 14.0 Å². The first-order valence-electron chi connectivity index (χ1n) is 11.1. The molecule has 0 aromatic carbocycles. The van der Waals surface area contributed by atoms with E-state index >= 15 is 0 Å². The van der Waals surface area contributed by atoms with Crippen LogP contribution in [0.2, 0.25) is 0 Å². The number of hydrogen-bond acceptors (Lipinski definition) is 7. The molecule has 0 radical (unpaired) electrons. The zero-order valence-corrected chi connectivity index (χ0v) is 19.7. The first-order valence-corrected chi connectivity index (χ1v) is 11.1. The molecule has 3 N–H and O–H groups in total. The van der Waals surface area contributed by atoms with Crippen LogP contribution in [-0.2, 0) is 11.3 Å². The van der Waals surface area contributed by atoms with Gasteiger partial charge in [-0.2, -0.15) is 10.2 Å². The van der Waals surface area contributed by atoms with E-state index in [0.29, 0.717) is 23.6 Å². The van der Waals surface area contributed by atoms with Crippen molar-refractivity contribution in [1.29, 1.82) is 0 Å². The Morgan fingerprint density at radius 3 is 2.62 bits per heavy atom. The number of aryl methyl sites for hydroxylation is 1. The molecule has 0 spiro atoms. The highest BCUT2D eigenvalue weighted by molar-refractivity contribution is 6.01. The Kier molecular flexibility index (Phi) is 6.15. The summed E-state index contributed by atoms with van der Waals surface area (Å²) in [6.07, 6.45) is 6.11. The van der Waals surface area contributed by atoms with Gasteiger partial charge in [0.1, 0.15) is 5.60 Å². The first-order chi connectivity index (χ1) is 16.1. The summed E-state index contributed by atoms with van der Waals surface area (Å²) in [7, 11) is 0. The second-order valence-corrected chi connectivity index (χ2v) is 9.33. The van der Waals surface area contributed by atoms with E-state index in [4.69, 9.17) is 10.5 Å².